The molecule has 0 aromatic heterocycles. The van der Waals surface area contributed by atoms with Gasteiger partial charge in [-0.1, -0.05) is 12.8 Å². The van der Waals surface area contributed by atoms with Crippen molar-refractivity contribution in [3.05, 3.63) is 0 Å². The Bertz CT molecular complexity index is 163. The number of hydrogen-bond acceptors (Lipinski definition) is 2. The molecule has 2 nitrogen and oxygen atoms in total. The zero-order chi connectivity index (χ0) is 8.60. The fourth-order valence-corrected chi connectivity index (χ4v) is 2.79. The van der Waals surface area contributed by atoms with Crippen molar-refractivity contribution in [1.82, 2.24) is 4.90 Å². The van der Waals surface area contributed by atoms with E-state index in [0.29, 0.717) is 6.61 Å². The Balaban J connectivity index is 2.05. The second kappa shape index (κ2) is 3.00. The molecule has 70 valence electrons. The molecule has 0 aromatic carbocycles. The van der Waals surface area contributed by atoms with E-state index < -0.39 is 0 Å². The summed E-state index contributed by atoms with van der Waals surface area (Å²) in [7, 11) is 0. The van der Waals surface area contributed by atoms with Crippen LogP contribution in [0.25, 0.3) is 0 Å². The van der Waals surface area contributed by atoms with E-state index in [1.54, 1.807) is 0 Å². The summed E-state index contributed by atoms with van der Waals surface area (Å²) >= 11 is 0. The van der Waals surface area contributed by atoms with Crippen LogP contribution in [0.15, 0.2) is 0 Å². The lowest BCUT2D eigenvalue weighted by atomic mass is 9.89. The largest absolute Gasteiger partial charge is 0.394 e. The minimum absolute atomic E-state index is 0.192. The number of rotatable bonds is 2. The smallest absolute Gasteiger partial charge is 0.0615 e. The molecular formula is C10H19NO. The summed E-state index contributed by atoms with van der Waals surface area (Å²) in [6.07, 6.45) is 6.37. The Morgan fingerprint density at radius 3 is 2.42 bits per heavy atom. The van der Waals surface area contributed by atoms with Crippen molar-refractivity contribution in [2.24, 2.45) is 0 Å². The molecule has 1 aliphatic carbocycles. The topological polar surface area (TPSA) is 23.5 Å². The van der Waals surface area contributed by atoms with Crippen LogP contribution in [-0.4, -0.2) is 34.7 Å². The molecule has 2 heteroatoms. The first-order valence-corrected chi connectivity index (χ1v) is 5.16. The van der Waals surface area contributed by atoms with E-state index in [-0.39, 0.29) is 5.54 Å². The number of likely N-dealkylation sites (tertiary alicyclic amines) is 1. The van der Waals surface area contributed by atoms with Crippen molar-refractivity contribution in [3.63, 3.8) is 0 Å². The molecule has 2 rings (SSSR count). The molecule has 1 saturated heterocycles. The molecule has 2 aliphatic rings. The number of nitrogens with zero attached hydrogens (tertiary/aromatic N) is 1. The van der Waals surface area contributed by atoms with E-state index in [9.17, 15) is 5.11 Å². The van der Waals surface area contributed by atoms with Crippen LogP contribution in [-0.2, 0) is 0 Å². The molecule has 0 radical (unpaired) electrons. The number of aliphatic hydroxyl groups is 1. The van der Waals surface area contributed by atoms with Crippen molar-refractivity contribution in [3.8, 4) is 0 Å². The number of hydrogen-bond donors (Lipinski definition) is 1. The van der Waals surface area contributed by atoms with Gasteiger partial charge in [0.15, 0.2) is 0 Å². The quantitative estimate of drug-likeness (QED) is 0.675. The van der Waals surface area contributed by atoms with E-state index in [4.69, 9.17) is 0 Å². The van der Waals surface area contributed by atoms with Crippen LogP contribution in [0.5, 0.6) is 0 Å². The Morgan fingerprint density at radius 1 is 1.42 bits per heavy atom. The highest BCUT2D eigenvalue weighted by atomic mass is 16.3. The molecule has 0 spiro atoms. The van der Waals surface area contributed by atoms with Crippen molar-refractivity contribution in [2.75, 3.05) is 13.2 Å². The third-order valence-corrected chi connectivity index (χ3v) is 3.76. The molecule has 1 unspecified atom stereocenters. The molecule has 1 saturated carbocycles. The first-order chi connectivity index (χ1) is 5.78. The van der Waals surface area contributed by atoms with Gasteiger partial charge in [0.2, 0.25) is 0 Å². The fourth-order valence-electron chi connectivity index (χ4n) is 2.79. The first-order valence-electron chi connectivity index (χ1n) is 5.16. The molecule has 2 fully saturated rings. The van der Waals surface area contributed by atoms with Crippen LogP contribution in [0.4, 0.5) is 0 Å². The van der Waals surface area contributed by atoms with Gasteiger partial charge in [0, 0.05) is 18.1 Å². The van der Waals surface area contributed by atoms with E-state index in [0.717, 1.165) is 6.04 Å². The van der Waals surface area contributed by atoms with Gasteiger partial charge in [-0.05, 0) is 26.2 Å². The molecule has 1 aliphatic heterocycles. The van der Waals surface area contributed by atoms with E-state index in [1.807, 2.05) is 0 Å². The maximum absolute atomic E-state index is 9.43. The summed E-state index contributed by atoms with van der Waals surface area (Å²) in [5.74, 6) is 0. The van der Waals surface area contributed by atoms with Gasteiger partial charge in [0.1, 0.15) is 0 Å². The highest BCUT2D eigenvalue weighted by Gasteiger charge is 2.44. The Kier molecular flexibility index (Phi) is 2.13. The summed E-state index contributed by atoms with van der Waals surface area (Å²) < 4.78 is 0. The second-order valence-electron chi connectivity index (χ2n) is 4.42. The summed E-state index contributed by atoms with van der Waals surface area (Å²) in [6, 6.07) is 0.718. The predicted octanol–water partition coefficient (Wildman–Crippen LogP) is 1.39. The van der Waals surface area contributed by atoms with Crippen molar-refractivity contribution in [2.45, 2.75) is 50.6 Å². The summed E-state index contributed by atoms with van der Waals surface area (Å²) in [5, 5.41) is 9.43. The lowest BCUT2D eigenvalue weighted by Gasteiger charge is -2.50. The Hall–Kier alpha value is -0.0800. The molecule has 0 aromatic rings. The maximum atomic E-state index is 9.43. The predicted molar refractivity (Wildman–Crippen MR) is 49.1 cm³/mol. The molecule has 1 atom stereocenters. The minimum Gasteiger partial charge on any atom is -0.394 e. The summed E-state index contributed by atoms with van der Waals surface area (Å²) in [6.45, 7) is 3.86. The molecule has 0 bridgehead atoms. The van der Waals surface area contributed by atoms with Gasteiger partial charge in [-0.2, -0.15) is 0 Å². The third kappa shape index (κ3) is 1.09. The highest BCUT2D eigenvalue weighted by molar-refractivity contribution is 5.00. The van der Waals surface area contributed by atoms with Gasteiger partial charge in [-0.3, -0.25) is 4.90 Å². The van der Waals surface area contributed by atoms with Gasteiger partial charge < -0.3 is 5.11 Å². The van der Waals surface area contributed by atoms with E-state index in [1.165, 1.54) is 38.6 Å². The van der Waals surface area contributed by atoms with Gasteiger partial charge in [0.05, 0.1) is 6.61 Å². The molecule has 12 heavy (non-hydrogen) atoms. The zero-order valence-corrected chi connectivity index (χ0v) is 7.92. The van der Waals surface area contributed by atoms with Crippen LogP contribution in [0.3, 0.4) is 0 Å². The summed E-state index contributed by atoms with van der Waals surface area (Å²) in [4.78, 5) is 2.51. The Morgan fingerprint density at radius 2 is 2.08 bits per heavy atom. The van der Waals surface area contributed by atoms with Gasteiger partial charge in [-0.15, -0.1) is 0 Å². The van der Waals surface area contributed by atoms with Crippen LogP contribution in [0, 0.1) is 0 Å². The van der Waals surface area contributed by atoms with E-state index in [2.05, 4.69) is 11.8 Å². The minimum atomic E-state index is 0.192. The zero-order valence-electron chi connectivity index (χ0n) is 7.92. The number of aliphatic hydroxyl groups excluding tert-OH is 1. The summed E-state index contributed by atoms with van der Waals surface area (Å²) in [5.41, 5.74) is 0.192. The van der Waals surface area contributed by atoms with Gasteiger partial charge in [0.25, 0.3) is 0 Å². The van der Waals surface area contributed by atoms with Crippen molar-refractivity contribution in [1.29, 1.82) is 0 Å². The molecule has 1 heterocycles. The third-order valence-electron chi connectivity index (χ3n) is 3.76. The van der Waals surface area contributed by atoms with Crippen LogP contribution < -0.4 is 0 Å². The van der Waals surface area contributed by atoms with Crippen LogP contribution >= 0.6 is 0 Å². The SMILES string of the molecule is CC1CCN1C1(CO)CCCC1. The average Bonchev–Trinajstić information content (AvgIpc) is 2.51. The van der Waals surface area contributed by atoms with Crippen molar-refractivity contribution < 1.29 is 5.11 Å². The van der Waals surface area contributed by atoms with Crippen molar-refractivity contribution >= 4 is 0 Å². The monoisotopic (exact) mass is 169 g/mol. The maximum Gasteiger partial charge on any atom is 0.0615 e. The van der Waals surface area contributed by atoms with E-state index >= 15 is 0 Å². The molecular weight excluding hydrogens is 150 g/mol. The standard InChI is InChI=1S/C10H19NO/c1-9-4-7-11(9)10(8-12)5-2-3-6-10/h9,12H,2-8H2,1H3. The van der Waals surface area contributed by atoms with Crippen LogP contribution in [0.1, 0.15) is 39.0 Å². The normalized spacial score (nSPS) is 35.0. The lowest BCUT2D eigenvalue weighted by molar-refractivity contribution is -0.0471. The highest BCUT2D eigenvalue weighted by Crippen LogP contribution is 2.39. The molecule has 0 amide bonds. The van der Waals surface area contributed by atoms with Gasteiger partial charge >= 0.3 is 0 Å². The molecule has 1 N–H and O–H groups in total. The second-order valence-corrected chi connectivity index (χ2v) is 4.42. The first kappa shape index (κ1) is 8.52. The van der Waals surface area contributed by atoms with Gasteiger partial charge in [-0.25, -0.2) is 0 Å². The average molecular weight is 169 g/mol. The van der Waals surface area contributed by atoms with Crippen LogP contribution in [0.2, 0.25) is 0 Å². The lowest BCUT2D eigenvalue weighted by Crippen LogP contribution is -2.60. The fraction of sp³-hybridized carbons (Fsp3) is 1.00. The Labute approximate surface area is 74.6 Å².